The van der Waals surface area contributed by atoms with Crippen LogP contribution in [0.25, 0.3) is 0 Å². The first-order chi connectivity index (χ1) is 8.20. The summed E-state index contributed by atoms with van der Waals surface area (Å²) in [5.41, 5.74) is 0. The van der Waals surface area contributed by atoms with Crippen LogP contribution in [0.4, 0.5) is 0 Å². The summed E-state index contributed by atoms with van der Waals surface area (Å²) in [6.45, 7) is 0. The number of Topliss-reactive ketones (excluding diaryl/α,β-unsaturated/α-hetero) is 1. The van der Waals surface area contributed by atoms with Crippen LogP contribution < -0.4 is 0 Å². The molecular formula is C14H18O3. The summed E-state index contributed by atoms with van der Waals surface area (Å²) in [6.07, 6.45) is 7.56. The molecule has 3 rings (SSSR count). The summed E-state index contributed by atoms with van der Waals surface area (Å²) in [4.78, 5) is 22.9. The number of fused-ring (bicyclic) bond motifs is 3. The maximum absolute atomic E-state index is 11.6. The number of carbonyl (C=O) groups excluding carboxylic acids is 2. The number of esters is 1. The van der Waals surface area contributed by atoms with Gasteiger partial charge in [-0.05, 0) is 36.0 Å². The molecule has 0 aromatic carbocycles. The average Bonchev–Trinajstić information content (AvgIpc) is 3.02. The first-order valence-electron chi connectivity index (χ1n) is 6.47. The largest absolute Gasteiger partial charge is 0.469 e. The van der Waals surface area contributed by atoms with Crippen LogP contribution in [0.15, 0.2) is 12.2 Å². The number of hydrogen-bond donors (Lipinski definition) is 0. The molecule has 0 radical (unpaired) electrons. The van der Waals surface area contributed by atoms with Crippen LogP contribution in [-0.2, 0) is 14.3 Å². The molecule has 0 spiro atoms. The van der Waals surface area contributed by atoms with Crippen molar-refractivity contribution in [2.24, 2.45) is 29.6 Å². The van der Waals surface area contributed by atoms with Gasteiger partial charge >= 0.3 is 5.97 Å². The minimum absolute atomic E-state index is 0.114. The lowest BCUT2D eigenvalue weighted by Crippen LogP contribution is -2.27. The molecule has 0 aromatic heterocycles. The van der Waals surface area contributed by atoms with Crippen molar-refractivity contribution in [1.29, 1.82) is 0 Å². The Bertz CT molecular complexity index is 385. The van der Waals surface area contributed by atoms with Crippen molar-refractivity contribution < 1.29 is 14.3 Å². The topological polar surface area (TPSA) is 43.4 Å². The molecule has 5 atom stereocenters. The Balaban J connectivity index is 1.70. The number of ketones is 1. The summed E-state index contributed by atoms with van der Waals surface area (Å²) in [6, 6.07) is 0. The Morgan fingerprint density at radius 2 is 2.29 bits per heavy atom. The Kier molecular flexibility index (Phi) is 2.57. The molecule has 0 unspecified atom stereocenters. The summed E-state index contributed by atoms with van der Waals surface area (Å²) in [7, 11) is 1.44. The van der Waals surface area contributed by atoms with E-state index in [-0.39, 0.29) is 5.97 Å². The van der Waals surface area contributed by atoms with Gasteiger partial charge in [-0.15, -0.1) is 0 Å². The molecule has 0 heterocycles. The quantitative estimate of drug-likeness (QED) is 0.542. The van der Waals surface area contributed by atoms with Crippen molar-refractivity contribution in [3.8, 4) is 0 Å². The van der Waals surface area contributed by atoms with Crippen molar-refractivity contribution in [3.05, 3.63) is 12.2 Å². The smallest absolute Gasteiger partial charge is 0.305 e. The highest BCUT2D eigenvalue weighted by atomic mass is 16.5. The Hall–Kier alpha value is -1.12. The fraction of sp³-hybridized carbons (Fsp3) is 0.714. The van der Waals surface area contributed by atoms with Gasteiger partial charge in [0.05, 0.1) is 7.11 Å². The standard InChI is InChI=1S/C14H18O3/c1-17-13(16)7-12-10-5-3-8-2-4-9(15)6-11(8)14(10)12/h3,5,8,10-12,14H,2,4,6-7H2,1H3/t8-,10+,11-,12-,14-/m1/s1. The first kappa shape index (κ1) is 11.0. The zero-order valence-electron chi connectivity index (χ0n) is 10.1. The van der Waals surface area contributed by atoms with Crippen LogP contribution in [0.2, 0.25) is 0 Å². The maximum atomic E-state index is 11.6. The van der Waals surface area contributed by atoms with E-state index in [0.717, 1.165) is 19.3 Å². The Morgan fingerprint density at radius 3 is 3.06 bits per heavy atom. The zero-order valence-corrected chi connectivity index (χ0v) is 10.1. The van der Waals surface area contributed by atoms with E-state index in [1.807, 2.05) is 0 Å². The second kappa shape index (κ2) is 3.97. The molecule has 2 saturated carbocycles. The maximum Gasteiger partial charge on any atom is 0.305 e. The first-order valence-corrected chi connectivity index (χ1v) is 6.47. The van der Waals surface area contributed by atoms with Gasteiger partial charge in [0.1, 0.15) is 5.78 Å². The predicted molar refractivity (Wildman–Crippen MR) is 62.1 cm³/mol. The fourth-order valence-corrected chi connectivity index (χ4v) is 3.84. The average molecular weight is 234 g/mol. The highest BCUT2D eigenvalue weighted by Gasteiger charge is 2.57. The molecule has 0 bridgehead atoms. The Morgan fingerprint density at radius 1 is 1.47 bits per heavy atom. The molecular weight excluding hydrogens is 216 g/mol. The van der Waals surface area contributed by atoms with E-state index in [1.54, 1.807) is 0 Å². The molecule has 0 aromatic rings. The normalized spacial score (nSPS) is 42.6. The molecule has 0 amide bonds. The van der Waals surface area contributed by atoms with Crippen LogP contribution in [0, 0.1) is 29.6 Å². The highest BCUT2D eigenvalue weighted by Crippen LogP contribution is 2.60. The van der Waals surface area contributed by atoms with E-state index in [4.69, 9.17) is 4.74 Å². The second-order valence-electron chi connectivity index (χ2n) is 5.59. The minimum atomic E-state index is -0.114. The highest BCUT2D eigenvalue weighted by molar-refractivity contribution is 5.79. The van der Waals surface area contributed by atoms with Crippen LogP contribution in [0.1, 0.15) is 25.7 Å². The van der Waals surface area contributed by atoms with Crippen molar-refractivity contribution >= 4 is 11.8 Å². The van der Waals surface area contributed by atoms with Gasteiger partial charge in [-0.2, -0.15) is 0 Å². The molecule has 0 saturated heterocycles. The van der Waals surface area contributed by atoms with Gasteiger partial charge in [0.15, 0.2) is 0 Å². The fourth-order valence-electron chi connectivity index (χ4n) is 3.84. The van der Waals surface area contributed by atoms with Gasteiger partial charge in [0.2, 0.25) is 0 Å². The van der Waals surface area contributed by atoms with Crippen LogP contribution in [0.3, 0.4) is 0 Å². The molecule has 3 nitrogen and oxygen atoms in total. The van der Waals surface area contributed by atoms with Gasteiger partial charge in [0, 0.05) is 19.3 Å². The lowest BCUT2D eigenvalue weighted by atomic mass is 9.73. The lowest BCUT2D eigenvalue weighted by Gasteiger charge is -2.31. The minimum Gasteiger partial charge on any atom is -0.469 e. The number of methoxy groups -OCH3 is 1. The van der Waals surface area contributed by atoms with Gasteiger partial charge in [-0.1, -0.05) is 12.2 Å². The van der Waals surface area contributed by atoms with Gasteiger partial charge in [0.25, 0.3) is 0 Å². The van der Waals surface area contributed by atoms with Crippen LogP contribution in [-0.4, -0.2) is 18.9 Å². The van der Waals surface area contributed by atoms with Crippen LogP contribution >= 0.6 is 0 Å². The van der Waals surface area contributed by atoms with Crippen molar-refractivity contribution in [1.82, 2.24) is 0 Å². The molecule has 3 aliphatic rings. The lowest BCUT2D eigenvalue weighted by molar-refractivity contribution is -0.141. The summed E-state index contributed by atoms with van der Waals surface area (Å²) in [5, 5.41) is 0. The summed E-state index contributed by atoms with van der Waals surface area (Å²) in [5.74, 6) is 2.90. The molecule has 0 N–H and O–H groups in total. The van der Waals surface area contributed by atoms with E-state index in [2.05, 4.69) is 12.2 Å². The van der Waals surface area contributed by atoms with E-state index >= 15 is 0 Å². The molecule has 0 aliphatic heterocycles. The van der Waals surface area contributed by atoms with E-state index in [9.17, 15) is 9.59 Å². The number of allylic oxidation sites excluding steroid dienone is 2. The second-order valence-corrected chi connectivity index (χ2v) is 5.59. The SMILES string of the molecule is COC(=O)C[C@@H]1[C@@H]2C=C[C@H]3CCC(=O)C[C@H]3[C@@H]21. The van der Waals surface area contributed by atoms with Crippen molar-refractivity contribution in [2.45, 2.75) is 25.7 Å². The predicted octanol–water partition coefficient (Wildman–Crippen LogP) is 1.97. The molecule has 3 aliphatic carbocycles. The van der Waals surface area contributed by atoms with Gasteiger partial charge < -0.3 is 4.74 Å². The zero-order chi connectivity index (χ0) is 12.0. The summed E-state index contributed by atoms with van der Waals surface area (Å²) < 4.78 is 4.73. The van der Waals surface area contributed by atoms with E-state index < -0.39 is 0 Å². The monoisotopic (exact) mass is 234 g/mol. The van der Waals surface area contributed by atoms with Crippen LogP contribution in [0.5, 0.6) is 0 Å². The van der Waals surface area contributed by atoms with Gasteiger partial charge in [-0.25, -0.2) is 0 Å². The third-order valence-electron chi connectivity index (χ3n) is 4.77. The number of rotatable bonds is 2. The van der Waals surface area contributed by atoms with Crippen molar-refractivity contribution in [3.63, 3.8) is 0 Å². The molecule has 3 heteroatoms. The number of carbonyl (C=O) groups is 2. The van der Waals surface area contributed by atoms with Crippen molar-refractivity contribution in [2.75, 3.05) is 7.11 Å². The Labute approximate surface area is 101 Å². The summed E-state index contributed by atoms with van der Waals surface area (Å²) >= 11 is 0. The molecule has 17 heavy (non-hydrogen) atoms. The van der Waals surface area contributed by atoms with E-state index in [0.29, 0.717) is 41.8 Å². The molecule has 2 fully saturated rings. The third-order valence-corrected chi connectivity index (χ3v) is 4.77. The molecule has 92 valence electrons. The third kappa shape index (κ3) is 1.81. The number of ether oxygens (including phenoxy) is 1. The number of hydrogen-bond acceptors (Lipinski definition) is 3. The van der Waals surface area contributed by atoms with E-state index in [1.165, 1.54) is 7.11 Å². The van der Waals surface area contributed by atoms with Gasteiger partial charge in [-0.3, -0.25) is 9.59 Å².